The molecule has 4 aliphatic rings. The average molecular weight is 595 g/mol. The van der Waals surface area contributed by atoms with Crippen LogP contribution in [0.25, 0.3) is 0 Å². The van der Waals surface area contributed by atoms with Crippen molar-refractivity contribution in [3.05, 3.63) is 23.8 Å². The summed E-state index contributed by atoms with van der Waals surface area (Å²) in [6.07, 6.45) is 0.274. The van der Waals surface area contributed by atoms with E-state index in [1.54, 1.807) is 13.0 Å². The molecule has 0 radical (unpaired) electrons. The number of fused-ring (bicyclic) bond motifs is 1. The first-order valence-corrected chi connectivity index (χ1v) is 14.4. The van der Waals surface area contributed by atoms with Gasteiger partial charge in [-0.05, 0) is 31.9 Å². The minimum atomic E-state index is -2.01. The third-order valence-corrected chi connectivity index (χ3v) is 9.33. The summed E-state index contributed by atoms with van der Waals surface area (Å²) < 4.78 is 29.3. The van der Waals surface area contributed by atoms with Crippen LogP contribution in [0.2, 0.25) is 0 Å². The van der Waals surface area contributed by atoms with Gasteiger partial charge < -0.3 is 39.0 Å². The van der Waals surface area contributed by atoms with Crippen molar-refractivity contribution in [2.24, 2.45) is 11.3 Å². The van der Waals surface area contributed by atoms with Crippen molar-refractivity contribution < 1.29 is 58.2 Å². The molecule has 0 aromatic rings. The molecule has 3 N–H and O–H groups in total. The Bertz CT molecular complexity index is 1170. The summed E-state index contributed by atoms with van der Waals surface area (Å²) >= 11 is 0. The van der Waals surface area contributed by atoms with E-state index in [-0.39, 0.29) is 18.4 Å². The topological polar surface area (TPSA) is 178 Å². The lowest BCUT2D eigenvalue weighted by Crippen LogP contribution is -2.67. The first-order chi connectivity index (χ1) is 19.6. The Morgan fingerprint density at radius 2 is 1.74 bits per heavy atom. The zero-order valence-electron chi connectivity index (χ0n) is 25.0. The molecule has 2 aliphatic carbocycles. The van der Waals surface area contributed by atoms with Crippen molar-refractivity contribution in [3.63, 3.8) is 0 Å². The van der Waals surface area contributed by atoms with Crippen LogP contribution in [-0.2, 0) is 42.9 Å². The standard InChI is InChI=1S/C30H42O12/c1-7-8-9-10-23(35)40-19-14-21(38-16(2)32)27(4)12-11-20(34)28(5,37)24(27)25(39-17(3)33)30-22(13-18(19)15-31)41-26(36)29(30,6)42-30/h11-13,19-22,24-25,31,34,37H,7-10,14-15H2,1-6H3/t19-,20-,21+,22?,24-,25+,27+,28-,29+,30+/m1/s1. The number of carbonyl (C=O) groups is 4. The molecule has 0 amide bonds. The molecular weight excluding hydrogens is 552 g/mol. The first-order valence-electron chi connectivity index (χ1n) is 14.4. The molecule has 2 aliphatic heterocycles. The molecule has 0 aromatic heterocycles. The highest BCUT2D eigenvalue weighted by atomic mass is 16.7. The quantitative estimate of drug-likeness (QED) is 0.121. The maximum atomic E-state index is 13.1. The number of ether oxygens (including phenoxy) is 5. The fourth-order valence-corrected chi connectivity index (χ4v) is 7.03. The van der Waals surface area contributed by atoms with E-state index < -0.39 is 89.1 Å². The van der Waals surface area contributed by atoms with E-state index in [0.29, 0.717) is 6.42 Å². The van der Waals surface area contributed by atoms with Crippen molar-refractivity contribution in [1.82, 2.24) is 0 Å². The molecule has 0 saturated carbocycles. The molecule has 1 unspecified atom stereocenters. The Hall–Kier alpha value is -2.80. The maximum absolute atomic E-state index is 13.1. The molecule has 1 spiro atoms. The number of esters is 4. The van der Waals surface area contributed by atoms with E-state index in [9.17, 15) is 34.5 Å². The second-order valence-electron chi connectivity index (χ2n) is 12.3. The van der Waals surface area contributed by atoms with Crippen LogP contribution < -0.4 is 0 Å². The third-order valence-electron chi connectivity index (χ3n) is 9.33. The Balaban J connectivity index is 1.96. The van der Waals surface area contributed by atoms with Crippen LogP contribution in [0.15, 0.2) is 23.8 Å². The largest absolute Gasteiger partial charge is 0.461 e. The summed E-state index contributed by atoms with van der Waals surface area (Å²) in [4.78, 5) is 51.1. The van der Waals surface area contributed by atoms with Crippen LogP contribution in [0.1, 0.15) is 73.6 Å². The minimum absolute atomic E-state index is 0.125. The van der Waals surface area contributed by atoms with E-state index >= 15 is 0 Å². The number of hydrogen-bond donors (Lipinski definition) is 3. The SMILES string of the molecule is CCCCCC(=O)O[C@@H]1C[C@H](OC(C)=O)[C@]2(C)C=C[C@@H](O)[C@@](C)(O)[C@@H]2[C@H](OC(C)=O)[C@]23O[C@@]2(C)C(=O)OC3C=C1CO. The Kier molecular flexibility index (Phi) is 8.69. The number of unbranched alkanes of at least 4 members (excludes halogenated alkanes) is 2. The number of aliphatic hydroxyl groups is 3. The van der Waals surface area contributed by atoms with Crippen LogP contribution in [0.5, 0.6) is 0 Å². The second kappa shape index (κ2) is 11.4. The number of aliphatic hydroxyl groups excluding tert-OH is 2. The van der Waals surface area contributed by atoms with Gasteiger partial charge in [0.25, 0.3) is 0 Å². The number of hydrogen-bond acceptors (Lipinski definition) is 12. The van der Waals surface area contributed by atoms with Crippen molar-refractivity contribution in [3.8, 4) is 0 Å². The van der Waals surface area contributed by atoms with Gasteiger partial charge in [0.15, 0.2) is 17.3 Å². The number of epoxide rings is 1. The lowest BCUT2D eigenvalue weighted by Gasteiger charge is -2.54. The third kappa shape index (κ3) is 5.16. The predicted octanol–water partition coefficient (Wildman–Crippen LogP) is 1.42. The number of carbonyl (C=O) groups excluding carboxylic acids is 4. The van der Waals surface area contributed by atoms with E-state index in [1.165, 1.54) is 32.9 Å². The van der Waals surface area contributed by atoms with Crippen molar-refractivity contribution in [2.75, 3.05) is 6.61 Å². The highest BCUT2D eigenvalue weighted by molar-refractivity contribution is 5.89. The van der Waals surface area contributed by atoms with Gasteiger partial charge in [-0.3, -0.25) is 14.4 Å². The van der Waals surface area contributed by atoms with E-state index in [2.05, 4.69) is 0 Å². The highest BCUT2D eigenvalue weighted by Crippen LogP contribution is 2.65. The van der Waals surface area contributed by atoms with Gasteiger partial charge >= 0.3 is 23.9 Å². The molecule has 4 rings (SSSR count). The van der Waals surface area contributed by atoms with E-state index in [1.807, 2.05) is 6.92 Å². The van der Waals surface area contributed by atoms with Gasteiger partial charge in [0, 0.05) is 38.0 Å². The molecule has 0 aromatic carbocycles. The number of rotatable bonds is 8. The molecule has 2 fully saturated rings. The van der Waals surface area contributed by atoms with Gasteiger partial charge in [0.2, 0.25) is 0 Å². The van der Waals surface area contributed by atoms with Crippen LogP contribution >= 0.6 is 0 Å². The van der Waals surface area contributed by atoms with Gasteiger partial charge in [-0.2, -0.15) is 0 Å². The summed E-state index contributed by atoms with van der Waals surface area (Å²) in [5.74, 6) is -3.94. The van der Waals surface area contributed by atoms with Gasteiger partial charge in [0.1, 0.15) is 24.4 Å². The molecule has 42 heavy (non-hydrogen) atoms. The zero-order chi connectivity index (χ0) is 31.3. The van der Waals surface area contributed by atoms with Crippen LogP contribution in [0, 0.1) is 11.3 Å². The lowest BCUT2D eigenvalue weighted by molar-refractivity contribution is -0.215. The van der Waals surface area contributed by atoms with E-state index in [0.717, 1.165) is 19.8 Å². The van der Waals surface area contributed by atoms with Crippen LogP contribution in [0.4, 0.5) is 0 Å². The molecule has 234 valence electrons. The summed E-state index contributed by atoms with van der Waals surface area (Å²) in [5, 5.41) is 33.4. The van der Waals surface area contributed by atoms with Gasteiger partial charge in [-0.25, -0.2) is 4.79 Å². The van der Waals surface area contributed by atoms with Gasteiger partial charge in [0.05, 0.1) is 12.2 Å². The van der Waals surface area contributed by atoms with Crippen molar-refractivity contribution in [1.29, 1.82) is 0 Å². The highest BCUT2D eigenvalue weighted by Gasteiger charge is 2.87. The Morgan fingerprint density at radius 3 is 2.31 bits per heavy atom. The lowest BCUT2D eigenvalue weighted by atomic mass is 9.55. The van der Waals surface area contributed by atoms with E-state index in [4.69, 9.17) is 23.7 Å². The van der Waals surface area contributed by atoms with Crippen LogP contribution in [0.3, 0.4) is 0 Å². The molecule has 0 bridgehead atoms. The first kappa shape index (κ1) is 32.1. The predicted molar refractivity (Wildman–Crippen MR) is 144 cm³/mol. The smallest absolute Gasteiger partial charge is 0.342 e. The molecule has 12 nitrogen and oxygen atoms in total. The summed E-state index contributed by atoms with van der Waals surface area (Å²) in [5.41, 5.74) is -6.53. The Labute approximate surface area is 245 Å². The molecule has 2 heterocycles. The molecule has 2 saturated heterocycles. The summed E-state index contributed by atoms with van der Waals surface area (Å²) in [7, 11) is 0. The second-order valence-corrected chi connectivity index (χ2v) is 12.3. The summed E-state index contributed by atoms with van der Waals surface area (Å²) in [6, 6.07) is 0. The summed E-state index contributed by atoms with van der Waals surface area (Å²) in [6.45, 7) is 8.25. The zero-order valence-corrected chi connectivity index (χ0v) is 25.0. The monoisotopic (exact) mass is 594 g/mol. The average Bonchev–Trinajstić information content (AvgIpc) is 3.48. The van der Waals surface area contributed by atoms with Crippen molar-refractivity contribution in [2.45, 2.75) is 121 Å². The normalized spacial score (nSPS) is 42.2. The molecular formula is C30H42O12. The van der Waals surface area contributed by atoms with Crippen LogP contribution in [-0.4, -0.2) is 93.1 Å². The fourth-order valence-electron chi connectivity index (χ4n) is 7.03. The van der Waals surface area contributed by atoms with Gasteiger partial charge in [-0.1, -0.05) is 38.8 Å². The van der Waals surface area contributed by atoms with Crippen molar-refractivity contribution >= 4 is 23.9 Å². The minimum Gasteiger partial charge on any atom is -0.461 e. The Morgan fingerprint density at radius 1 is 1.07 bits per heavy atom. The maximum Gasteiger partial charge on any atom is 0.342 e. The van der Waals surface area contributed by atoms with Gasteiger partial charge in [-0.15, -0.1) is 0 Å². The molecule has 10 atom stereocenters. The molecule has 12 heteroatoms. The fraction of sp³-hybridized carbons (Fsp3) is 0.733.